The summed E-state index contributed by atoms with van der Waals surface area (Å²) in [6.07, 6.45) is 4.43. The Morgan fingerprint density at radius 1 is 1.15 bits per heavy atom. The Morgan fingerprint density at radius 3 is 2.85 bits per heavy atom. The minimum atomic E-state index is -0.372. The van der Waals surface area contributed by atoms with Crippen LogP contribution in [0.25, 0.3) is 10.9 Å². The Bertz CT molecular complexity index is 782. The van der Waals surface area contributed by atoms with Crippen LogP contribution in [0.3, 0.4) is 0 Å². The van der Waals surface area contributed by atoms with Crippen LogP contribution in [0, 0.1) is 0 Å². The summed E-state index contributed by atoms with van der Waals surface area (Å²) in [7, 11) is 0. The van der Waals surface area contributed by atoms with Crippen LogP contribution in [0.1, 0.15) is 10.5 Å². The van der Waals surface area contributed by atoms with E-state index in [0.717, 1.165) is 10.9 Å². The molecular weight excluding hydrogens is 254 g/mol. The largest absolute Gasteiger partial charge is 0.382 e. The van der Waals surface area contributed by atoms with Gasteiger partial charge in [0.1, 0.15) is 11.5 Å². The quantitative estimate of drug-likeness (QED) is 0.737. The second-order valence-corrected chi connectivity index (χ2v) is 4.16. The van der Waals surface area contributed by atoms with Crippen molar-refractivity contribution in [3.8, 4) is 0 Å². The van der Waals surface area contributed by atoms with Gasteiger partial charge in [0.25, 0.3) is 5.91 Å². The molecule has 20 heavy (non-hydrogen) atoms. The van der Waals surface area contributed by atoms with Crippen LogP contribution < -0.4 is 11.1 Å². The van der Waals surface area contributed by atoms with Crippen molar-refractivity contribution in [3.63, 3.8) is 0 Å². The van der Waals surface area contributed by atoms with Gasteiger partial charge < -0.3 is 11.1 Å². The average molecular weight is 265 g/mol. The minimum Gasteiger partial charge on any atom is -0.382 e. The molecule has 1 aromatic carbocycles. The number of amides is 1. The van der Waals surface area contributed by atoms with Gasteiger partial charge in [-0.15, -0.1) is 0 Å². The van der Waals surface area contributed by atoms with E-state index >= 15 is 0 Å². The predicted octanol–water partition coefficient (Wildman–Crippen LogP) is 1.86. The summed E-state index contributed by atoms with van der Waals surface area (Å²) in [5.41, 5.74) is 7.02. The van der Waals surface area contributed by atoms with E-state index in [9.17, 15) is 4.79 Å². The lowest BCUT2D eigenvalue weighted by Crippen LogP contribution is -2.15. The van der Waals surface area contributed by atoms with Gasteiger partial charge in [0.15, 0.2) is 0 Å². The molecule has 0 atom stereocenters. The van der Waals surface area contributed by atoms with Crippen LogP contribution in [0.4, 0.5) is 11.5 Å². The summed E-state index contributed by atoms with van der Waals surface area (Å²) >= 11 is 0. The van der Waals surface area contributed by atoms with Gasteiger partial charge in [-0.05, 0) is 12.1 Å². The first-order valence-electron chi connectivity index (χ1n) is 5.96. The van der Waals surface area contributed by atoms with Crippen LogP contribution in [0.15, 0.2) is 48.9 Å². The van der Waals surface area contributed by atoms with E-state index in [1.54, 1.807) is 12.3 Å². The van der Waals surface area contributed by atoms with Crippen LogP contribution in [-0.2, 0) is 0 Å². The number of nitrogens with zero attached hydrogens (tertiary/aromatic N) is 3. The third-order valence-corrected chi connectivity index (χ3v) is 2.77. The molecule has 2 heterocycles. The minimum absolute atomic E-state index is 0.165. The third-order valence-electron chi connectivity index (χ3n) is 2.77. The zero-order valence-electron chi connectivity index (χ0n) is 10.4. The molecule has 0 bridgehead atoms. The smallest absolute Gasteiger partial charge is 0.276 e. The molecule has 0 aliphatic rings. The number of fused-ring (bicyclic) bond motifs is 1. The summed E-state index contributed by atoms with van der Waals surface area (Å²) in [4.78, 5) is 24.2. The maximum atomic E-state index is 12.1. The maximum Gasteiger partial charge on any atom is 0.276 e. The first kappa shape index (κ1) is 12.0. The third kappa shape index (κ3) is 2.26. The molecule has 0 unspecified atom stereocenters. The highest BCUT2D eigenvalue weighted by Gasteiger charge is 2.10. The normalized spacial score (nSPS) is 10.4. The highest BCUT2D eigenvalue weighted by atomic mass is 16.1. The number of nitrogens with one attached hydrogen (secondary N) is 1. The number of carbonyl (C=O) groups excluding carboxylic acids is 1. The molecule has 2 aromatic heterocycles. The molecule has 0 saturated carbocycles. The number of carbonyl (C=O) groups is 1. The molecule has 0 aliphatic heterocycles. The van der Waals surface area contributed by atoms with Crippen molar-refractivity contribution in [1.29, 1.82) is 0 Å². The number of pyridine rings is 1. The standard InChI is InChI=1S/C14H11N5O/c15-12-8-16-7-11(18-12)14(20)19-10-5-1-3-9-4-2-6-17-13(9)10/h1-8H,(H2,15,18)(H,19,20). The number of para-hydroxylation sites is 1. The molecule has 3 aromatic rings. The summed E-state index contributed by atoms with van der Waals surface area (Å²) in [5.74, 6) is -0.170. The van der Waals surface area contributed by atoms with Crippen molar-refractivity contribution >= 4 is 28.3 Å². The van der Waals surface area contributed by atoms with Gasteiger partial charge in [-0.25, -0.2) is 4.98 Å². The van der Waals surface area contributed by atoms with Gasteiger partial charge in [-0.1, -0.05) is 18.2 Å². The molecule has 0 fully saturated rings. The second-order valence-electron chi connectivity index (χ2n) is 4.16. The molecule has 3 N–H and O–H groups in total. The summed E-state index contributed by atoms with van der Waals surface area (Å²) in [6.45, 7) is 0. The number of nitrogen functional groups attached to an aromatic ring is 1. The molecule has 0 saturated heterocycles. The lowest BCUT2D eigenvalue weighted by molar-refractivity contribution is 0.102. The Kier molecular flexibility index (Phi) is 2.96. The number of anilines is 2. The van der Waals surface area contributed by atoms with Crippen molar-refractivity contribution in [1.82, 2.24) is 15.0 Å². The van der Waals surface area contributed by atoms with E-state index in [2.05, 4.69) is 20.3 Å². The average Bonchev–Trinajstić information content (AvgIpc) is 2.47. The fourth-order valence-corrected chi connectivity index (χ4v) is 1.88. The summed E-state index contributed by atoms with van der Waals surface area (Å²) in [6, 6.07) is 9.34. The van der Waals surface area contributed by atoms with E-state index in [1.165, 1.54) is 12.4 Å². The molecule has 1 amide bonds. The van der Waals surface area contributed by atoms with Crippen molar-refractivity contribution in [2.45, 2.75) is 0 Å². The molecule has 3 rings (SSSR count). The van der Waals surface area contributed by atoms with Crippen LogP contribution in [0.2, 0.25) is 0 Å². The SMILES string of the molecule is Nc1cncc(C(=O)Nc2cccc3cccnc23)n1. The predicted molar refractivity (Wildman–Crippen MR) is 76.1 cm³/mol. The van der Waals surface area contributed by atoms with Crippen LogP contribution >= 0.6 is 0 Å². The Morgan fingerprint density at radius 2 is 2.00 bits per heavy atom. The van der Waals surface area contributed by atoms with Crippen LogP contribution in [-0.4, -0.2) is 20.9 Å². The van der Waals surface area contributed by atoms with E-state index < -0.39 is 0 Å². The molecule has 0 radical (unpaired) electrons. The highest BCUT2D eigenvalue weighted by Crippen LogP contribution is 2.21. The van der Waals surface area contributed by atoms with Crippen molar-refractivity contribution in [3.05, 3.63) is 54.6 Å². The fraction of sp³-hybridized carbons (Fsp3) is 0. The molecule has 6 heteroatoms. The zero-order valence-corrected chi connectivity index (χ0v) is 10.4. The molecule has 0 spiro atoms. The lowest BCUT2D eigenvalue weighted by atomic mass is 10.2. The number of hydrogen-bond donors (Lipinski definition) is 2. The number of nitrogens with two attached hydrogens (primary N) is 1. The molecule has 98 valence electrons. The molecule has 0 aliphatic carbocycles. The van der Waals surface area contributed by atoms with Gasteiger partial charge in [-0.2, -0.15) is 0 Å². The number of hydrogen-bond acceptors (Lipinski definition) is 5. The highest BCUT2D eigenvalue weighted by molar-refractivity contribution is 6.07. The maximum absolute atomic E-state index is 12.1. The van der Waals surface area contributed by atoms with Gasteiger partial charge in [-0.3, -0.25) is 14.8 Å². The molecule has 6 nitrogen and oxygen atoms in total. The first-order valence-corrected chi connectivity index (χ1v) is 5.96. The number of benzene rings is 1. The van der Waals surface area contributed by atoms with Crippen molar-refractivity contribution in [2.75, 3.05) is 11.1 Å². The monoisotopic (exact) mass is 265 g/mol. The van der Waals surface area contributed by atoms with E-state index in [4.69, 9.17) is 5.73 Å². The van der Waals surface area contributed by atoms with Gasteiger partial charge in [0, 0.05) is 11.6 Å². The lowest BCUT2D eigenvalue weighted by Gasteiger charge is -2.07. The number of aromatic nitrogens is 3. The Labute approximate surface area is 114 Å². The van der Waals surface area contributed by atoms with Gasteiger partial charge in [0.05, 0.1) is 23.6 Å². The van der Waals surface area contributed by atoms with E-state index in [1.807, 2.05) is 24.3 Å². The van der Waals surface area contributed by atoms with Crippen molar-refractivity contribution < 1.29 is 4.79 Å². The topological polar surface area (TPSA) is 93.8 Å². The zero-order chi connectivity index (χ0) is 13.9. The van der Waals surface area contributed by atoms with Crippen molar-refractivity contribution in [2.24, 2.45) is 0 Å². The van der Waals surface area contributed by atoms with Gasteiger partial charge >= 0.3 is 0 Å². The fourth-order valence-electron chi connectivity index (χ4n) is 1.88. The summed E-state index contributed by atoms with van der Waals surface area (Å²) in [5, 5.41) is 3.72. The molecular formula is C14H11N5O. The van der Waals surface area contributed by atoms with Crippen LogP contribution in [0.5, 0.6) is 0 Å². The van der Waals surface area contributed by atoms with Gasteiger partial charge in [0.2, 0.25) is 0 Å². The van der Waals surface area contributed by atoms with E-state index in [0.29, 0.717) is 5.69 Å². The number of rotatable bonds is 2. The van der Waals surface area contributed by atoms with E-state index in [-0.39, 0.29) is 17.4 Å². The summed E-state index contributed by atoms with van der Waals surface area (Å²) < 4.78 is 0. The first-order chi connectivity index (χ1) is 9.74. The second kappa shape index (κ2) is 4.93. The Hall–Kier alpha value is -3.02. The Balaban J connectivity index is 1.95.